The molecular formula is C75H116N12O19. The summed E-state index contributed by atoms with van der Waals surface area (Å²) in [5.41, 5.74) is 12.1. The highest BCUT2D eigenvalue weighted by molar-refractivity contribution is 6.00. The number of carbonyl (C=O) groups is 14. The van der Waals surface area contributed by atoms with E-state index < -0.39 is 193 Å². The molecule has 12 atom stereocenters. The van der Waals surface area contributed by atoms with Crippen LogP contribution in [-0.4, -0.2) is 188 Å². The molecule has 3 aliphatic heterocycles. The fourth-order valence-corrected chi connectivity index (χ4v) is 12.5. The Bertz CT molecular complexity index is 3240. The number of primary amides is 1. The number of nitrogens with zero attached hydrogens (tertiary/aromatic N) is 1. The van der Waals surface area contributed by atoms with E-state index in [1.165, 1.54) is 87.1 Å². The number of phenolic OH excluding ortho intramolecular Hbond substituents is 1. The van der Waals surface area contributed by atoms with E-state index in [-0.39, 0.29) is 81.5 Å². The van der Waals surface area contributed by atoms with Crippen LogP contribution in [0.4, 0.5) is 0 Å². The van der Waals surface area contributed by atoms with Crippen LogP contribution in [0.5, 0.6) is 11.5 Å². The van der Waals surface area contributed by atoms with Crippen molar-refractivity contribution in [2.75, 3.05) is 13.1 Å². The zero-order chi connectivity index (χ0) is 78.6. The SMILES string of the molecule is CCC(C)C1NC(=O)C(Cc2ccc(O)cc2)NC(=O)C(CCC(N)=O)NC(=O)C2CCCN2C(=O)C(C(C)C)NC(=O)C(CCC(=O)O)NC(=O)[C@@H]([C@@H](C)O)NC(=O)C(NC(=O)C(CCCN)NC(=O)C(CCC(=O)O)NC(=O)CCCCCCCCCCCCCC(C)C)Cc2ccc(cc2)OC1=O. The maximum atomic E-state index is 14.9. The predicted octanol–water partition coefficient (Wildman–Crippen LogP) is 2.99. The monoisotopic (exact) mass is 1490 g/mol. The number of aliphatic carboxylic acids is 2. The molecule has 0 saturated carbocycles. The summed E-state index contributed by atoms with van der Waals surface area (Å²) in [5.74, 6) is -14.8. The Morgan fingerprint density at radius 3 is 1.68 bits per heavy atom. The first-order valence-corrected chi connectivity index (χ1v) is 37.5. The number of rotatable bonds is 37. The number of nitrogens with two attached hydrogens (primary N) is 2. The molecule has 1 saturated heterocycles. The Labute approximate surface area is 620 Å². The highest BCUT2D eigenvalue weighted by Gasteiger charge is 2.42. The lowest BCUT2D eigenvalue weighted by Crippen LogP contribution is -2.62. The van der Waals surface area contributed by atoms with E-state index in [0.717, 1.165) is 43.9 Å². The lowest BCUT2D eigenvalue weighted by atomic mass is 9.97. The van der Waals surface area contributed by atoms with Gasteiger partial charge in [0.05, 0.1) is 6.10 Å². The van der Waals surface area contributed by atoms with Crippen molar-refractivity contribution in [2.45, 2.75) is 282 Å². The number of aromatic hydroxyl groups is 1. The Hall–Kier alpha value is -9.26. The third kappa shape index (κ3) is 31.8. The minimum atomic E-state index is -1.97. The van der Waals surface area contributed by atoms with Crippen molar-refractivity contribution in [1.29, 1.82) is 0 Å². The molecule has 2 bridgehead atoms. The van der Waals surface area contributed by atoms with Gasteiger partial charge in [0.2, 0.25) is 65.0 Å². The van der Waals surface area contributed by atoms with E-state index in [2.05, 4.69) is 61.7 Å². The van der Waals surface area contributed by atoms with Crippen LogP contribution in [0.25, 0.3) is 0 Å². The summed E-state index contributed by atoms with van der Waals surface area (Å²) >= 11 is 0. The summed E-state index contributed by atoms with van der Waals surface area (Å²) in [5, 5.41) is 64.0. The highest BCUT2D eigenvalue weighted by atomic mass is 16.5. The van der Waals surface area contributed by atoms with Crippen molar-refractivity contribution in [2.24, 2.45) is 29.2 Å². The molecule has 0 aromatic heterocycles. The Balaban J connectivity index is 1.76. The molecule has 2 aromatic carbocycles. The van der Waals surface area contributed by atoms with Crippen LogP contribution in [0.2, 0.25) is 0 Å². The summed E-state index contributed by atoms with van der Waals surface area (Å²) < 4.78 is 5.84. The molecule has 31 nitrogen and oxygen atoms in total. The van der Waals surface area contributed by atoms with Crippen molar-refractivity contribution >= 4 is 82.9 Å². The average Bonchev–Trinajstić information content (AvgIpc) is 1.60. The van der Waals surface area contributed by atoms with Crippen molar-refractivity contribution in [3.8, 4) is 11.5 Å². The second-order valence-electron chi connectivity index (χ2n) is 28.7. The molecule has 3 heterocycles. The minimum Gasteiger partial charge on any atom is -0.508 e. The van der Waals surface area contributed by atoms with E-state index >= 15 is 0 Å². The normalized spacial score (nSPS) is 21.6. The molecule has 0 spiro atoms. The van der Waals surface area contributed by atoms with Gasteiger partial charge in [-0.2, -0.15) is 0 Å². The molecule has 0 aliphatic carbocycles. The van der Waals surface area contributed by atoms with Crippen LogP contribution in [0.15, 0.2) is 48.5 Å². The zero-order valence-corrected chi connectivity index (χ0v) is 62.5. The second kappa shape index (κ2) is 46.6. The van der Waals surface area contributed by atoms with Gasteiger partial charge in [-0.05, 0) is 118 Å². The number of ether oxygens (including phenoxy) is 1. The van der Waals surface area contributed by atoms with Gasteiger partial charge in [-0.3, -0.25) is 62.3 Å². The fourth-order valence-electron chi connectivity index (χ4n) is 12.5. The number of hydrogen-bond acceptors (Lipinski definition) is 18. The van der Waals surface area contributed by atoms with Gasteiger partial charge in [0, 0.05) is 45.1 Å². The van der Waals surface area contributed by atoms with Gasteiger partial charge in [0.25, 0.3) is 0 Å². The van der Waals surface area contributed by atoms with Crippen LogP contribution in [0, 0.1) is 17.8 Å². The first kappa shape index (κ1) is 89.1. The highest BCUT2D eigenvalue weighted by Crippen LogP contribution is 2.24. The van der Waals surface area contributed by atoms with Gasteiger partial charge in [-0.25, -0.2) is 4.79 Å². The molecule has 2 aromatic rings. The van der Waals surface area contributed by atoms with Crippen molar-refractivity contribution < 1.29 is 92.3 Å². The lowest BCUT2D eigenvalue weighted by molar-refractivity contribution is -0.144. The first-order chi connectivity index (χ1) is 50.3. The number of hydrogen-bond donors (Lipinski definition) is 15. The maximum absolute atomic E-state index is 14.9. The number of fused-ring (bicyclic) bond motifs is 23. The van der Waals surface area contributed by atoms with Gasteiger partial charge in [-0.1, -0.05) is 143 Å². The van der Waals surface area contributed by atoms with Gasteiger partial charge >= 0.3 is 17.9 Å². The summed E-state index contributed by atoms with van der Waals surface area (Å²) in [6, 6.07) is -4.51. The number of esters is 1. The molecule has 106 heavy (non-hydrogen) atoms. The number of carboxylic acids is 2. The molecule has 10 unspecified atom stereocenters. The quantitative estimate of drug-likeness (QED) is 0.0200. The molecular weight excluding hydrogens is 1370 g/mol. The third-order valence-electron chi connectivity index (χ3n) is 19.0. The smallest absolute Gasteiger partial charge is 0.334 e. The number of aliphatic hydroxyl groups excluding tert-OH is 1. The number of amides is 11. The summed E-state index contributed by atoms with van der Waals surface area (Å²) in [4.78, 5) is 196. The van der Waals surface area contributed by atoms with Crippen molar-refractivity contribution in [3.63, 3.8) is 0 Å². The van der Waals surface area contributed by atoms with Crippen LogP contribution in [0.1, 0.15) is 214 Å². The largest absolute Gasteiger partial charge is 0.508 e. The zero-order valence-electron chi connectivity index (χ0n) is 62.5. The van der Waals surface area contributed by atoms with Crippen molar-refractivity contribution in [1.82, 2.24) is 52.8 Å². The number of carboxylic acid groups (broad SMARTS) is 2. The van der Waals surface area contributed by atoms with E-state index in [4.69, 9.17) is 16.2 Å². The fraction of sp³-hybridized carbons (Fsp3) is 0.653. The number of aliphatic hydroxyl groups is 1. The minimum absolute atomic E-state index is 0.00633. The molecule has 5 rings (SSSR count). The maximum Gasteiger partial charge on any atom is 0.334 e. The molecule has 590 valence electrons. The lowest BCUT2D eigenvalue weighted by Gasteiger charge is -2.32. The standard InChI is InChI=1S/C75H116N12O19/c1-8-46(6)64-75(105)106-51-32-28-49(29-33-51)43-57(82-66(96)52(23-20-40-76)79-67(97)53(35-38-61(92)93)78-60(91)25-19-17-15-13-11-9-10-12-14-16-18-22-44(2)3)71(101)86-65(47(7)88)73(103)81-55(36-39-62(94)95)69(99)84-63(45(4)5)74(104)87-41-21-24-58(87)72(102)80-54(34-37-59(77)90)68(98)83-56(70(100)85-64)42-48-26-30-50(89)31-27-48/h26-33,44-47,52-58,63-65,88-89H,8-25,34-43,76H2,1-7H3,(H2,77,90)(H,78,91)(H,79,97)(H,80,102)(H,81,103)(H,82,96)(H,83,98)(H,84,99)(H,85,100)(H,86,101)(H,92,93)(H,94,95)/t46?,47-,52?,53?,54?,55?,56?,57?,58?,63?,64?,65-/m1/s1. The average molecular weight is 1490 g/mol. The summed E-state index contributed by atoms with van der Waals surface area (Å²) in [6.45, 7) is 12.1. The molecule has 0 radical (unpaired) electrons. The molecule has 17 N–H and O–H groups in total. The number of nitrogens with one attached hydrogen (secondary N) is 9. The molecule has 11 amide bonds. The van der Waals surface area contributed by atoms with E-state index in [1.807, 2.05) is 0 Å². The van der Waals surface area contributed by atoms with Gasteiger partial charge < -0.3 is 89.4 Å². The predicted molar refractivity (Wildman–Crippen MR) is 391 cm³/mol. The number of unbranched alkanes of at least 4 members (excludes halogenated alkanes) is 10. The topological polar surface area (TPSA) is 493 Å². The third-order valence-corrected chi connectivity index (χ3v) is 19.0. The van der Waals surface area contributed by atoms with Crippen molar-refractivity contribution in [3.05, 3.63) is 59.7 Å². The van der Waals surface area contributed by atoms with E-state index in [0.29, 0.717) is 24.3 Å². The Kier molecular flexibility index (Phi) is 39.2. The van der Waals surface area contributed by atoms with E-state index in [1.54, 1.807) is 27.7 Å². The first-order valence-electron chi connectivity index (χ1n) is 37.5. The summed E-state index contributed by atoms with van der Waals surface area (Å²) in [7, 11) is 0. The van der Waals surface area contributed by atoms with Gasteiger partial charge in [0.1, 0.15) is 71.9 Å². The number of phenols is 1. The number of carbonyl (C=O) groups excluding carboxylic acids is 12. The molecule has 1 fully saturated rings. The number of benzene rings is 2. The Morgan fingerprint density at radius 1 is 0.575 bits per heavy atom. The van der Waals surface area contributed by atoms with Gasteiger partial charge in [-0.15, -0.1) is 0 Å². The van der Waals surface area contributed by atoms with Crippen LogP contribution in [0.3, 0.4) is 0 Å². The van der Waals surface area contributed by atoms with Gasteiger partial charge in [0.15, 0.2) is 0 Å². The molecule has 3 aliphatic rings. The van der Waals surface area contributed by atoms with Crippen LogP contribution >= 0.6 is 0 Å². The van der Waals surface area contributed by atoms with Crippen LogP contribution in [-0.2, 0) is 80.0 Å². The Morgan fingerprint density at radius 2 is 1.11 bits per heavy atom. The van der Waals surface area contributed by atoms with Crippen LogP contribution < -0.4 is 64.1 Å². The summed E-state index contributed by atoms with van der Waals surface area (Å²) in [6.07, 6.45) is 7.79. The van der Waals surface area contributed by atoms with E-state index in [9.17, 15) is 87.5 Å². The second-order valence-corrected chi connectivity index (χ2v) is 28.7. The molecule has 31 heteroatoms.